The second kappa shape index (κ2) is 6.25. The molecule has 1 aromatic carbocycles. The fourth-order valence-corrected chi connectivity index (χ4v) is 1.59. The summed E-state index contributed by atoms with van der Waals surface area (Å²) >= 11 is 5.87. The zero-order valence-corrected chi connectivity index (χ0v) is 10.3. The third-order valence-electron chi connectivity index (χ3n) is 2.27. The maximum Gasteiger partial charge on any atom is 0.337 e. The first-order valence-corrected chi connectivity index (χ1v) is 5.75. The molecule has 2 N–H and O–H groups in total. The molecule has 92 valence electrons. The van der Waals surface area contributed by atoms with Crippen molar-refractivity contribution < 1.29 is 14.7 Å². The zero-order valence-electron chi connectivity index (χ0n) is 9.50. The van der Waals surface area contributed by atoms with Crippen LogP contribution in [0.3, 0.4) is 0 Å². The fraction of sp³-hybridized carbons (Fsp3) is 0.333. The van der Waals surface area contributed by atoms with Gasteiger partial charge in [-0.2, -0.15) is 0 Å². The summed E-state index contributed by atoms with van der Waals surface area (Å²) in [5.41, 5.74) is 0.171. The number of carbonyl (C=O) groups excluding carboxylic acids is 1. The highest BCUT2D eigenvalue weighted by atomic mass is 35.5. The Labute approximate surface area is 105 Å². The van der Waals surface area contributed by atoms with Gasteiger partial charge in [0.2, 0.25) is 5.91 Å². The van der Waals surface area contributed by atoms with Crippen molar-refractivity contribution in [2.24, 2.45) is 0 Å². The Morgan fingerprint density at radius 3 is 2.71 bits per heavy atom. The Balaban J connectivity index is 2.89. The Morgan fingerprint density at radius 2 is 2.12 bits per heavy atom. The van der Waals surface area contributed by atoms with Crippen LogP contribution in [0.1, 0.15) is 36.5 Å². The standard InChI is InChI=1S/C12H14ClNO3/c1-2-3-7-10(15)14-11-8(12(16)17)5-4-6-9(11)13/h4-6H,2-3,7H2,1H3,(H,14,15)(H,16,17). The lowest BCUT2D eigenvalue weighted by atomic mass is 10.1. The van der Waals surface area contributed by atoms with Crippen molar-refractivity contribution in [1.29, 1.82) is 0 Å². The van der Waals surface area contributed by atoms with E-state index < -0.39 is 5.97 Å². The van der Waals surface area contributed by atoms with Crippen molar-refractivity contribution in [1.82, 2.24) is 0 Å². The number of carbonyl (C=O) groups is 2. The Morgan fingerprint density at radius 1 is 1.41 bits per heavy atom. The molecule has 0 aromatic heterocycles. The number of carboxylic acid groups (broad SMARTS) is 1. The van der Waals surface area contributed by atoms with Crippen molar-refractivity contribution in [2.45, 2.75) is 26.2 Å². The number of nitrogens with one attached hydrogen (secondary N) is 1. The second-order valence-corrected chi connectivity index (χ2v) is 4.03. The molecule has 0 radical (unpaired) electrons. The predicted molar refractivity (Wildman–Crippen MR) is 66.6 cm³/mol. The number of amides is 1. The van der Waals surface area contributed by atoms with Crippen molar-refractivity contribution in [3.05, 3.63) is 28.8 Å². The summed E-state index contributed by atoms with van der Waals surface area (Å²) in [6.45, 7) is 1.98. The average molecular weight is 256 g/mol. The van der Waals surface area contributed by atoms with E-state index in [9.17, 15) is 9.59 Å². The van der Waals surface area contributed by atoms with Gasteiger partial charge in [0, 0.05) is 6.42 Å². The van der Waals surface area contributed by atoms with Gasteiger partial charge in [-0.1, -0.05) is 31.0 Å². The number of aromatic carboxylic acids is 1. The monoisotopic (exact) mass is 255 g/mol. The summed E-state index contributed by atoms with van der Waals surface area (Å²) in [6, 6.07) is 4.49. The number of rotatable bonds is 5. The lowest BCUT2D eigenvalue weighted by Crippen LogP contribution is -2.14. The summed E-state index contributed by atoms with van der Waals surface area (Å²) in [4.78, 5) is 22.5. The molecule has 0 fully saturated rings. The van der Waals surface area contributed by atoms with Gasteiger partial charge < -0.3 is 10.4 Å². The molecule has 1 rings (SSSR count). The second-order valence-electron chi connectivity index (χ2n) is 3.62. The van der Waals surface area contributed by atoms with Gasteiger partial charge in [-0.15, -0.1) is 0 Å². The molecule has 4 nitrogen and oxygen atoms in total. The van der Waals surface area contributed by atoms with E-state index >= 15 is 0 Å². The van der Waals surface area contributed by atoms with E-state index in [1.54, 1.807) is 6.07 Å². The van der Waals surface area contributed by atoms with Crippen LogP contribution < -0.4 is 5.32 Å². The number of benzene rings is 1. The van der Waals surface area contributed by atoms with Crippen molar-refractivity contribution >= 4 is 29.2 Å². The van der Waals surface area contributed by atoms with Gasteiger partial charge in [0.05, 0.1) is 16.3 Å². The molecule has 1 aromatic rings. The Kier molecular flexibility index (Phi) is 4.97. The topological polar surface area (TPSA) is 66.4 Å². The van der Waals surface area contributed by atoms with E-state index in [1.807, 2.05) is 6.92 Å². The van der Waals surface area contributed by atoms with Gasteiger partial charge in [-0.05, 0) is 18.6 Å². The fourth-order valence-electron chi connectivity index (χ4n) is 1.37. The van der Waals surface area contributed by atoms with E-state index in [2.05, 4.69) is 5.32 Å². The first-order chi connectivity index (χ1) is 8.06. The third-order valence-corrected chi connectivity index (χ3v) is 2.58. The summed E-state index contributed by atoms with van der Waals surface area (Å²) in [5.74, 6) is -1.33. The van der Waals surface area contributed by atoms with E-state index in [4.69, 9.17) is 16.7 Å². The van der Waals surface area contributed by atoms with Crippen LogP contribution in [0.2, 0.25) is 5.02 Å². The quantitative estimate of drug-likeness (QED) is 0.849. The van der Waals surface area contributed by atoms with Crippen LogP contribution in [0.5, 0.6) is 0 Å². The minimum absolute atomic E-state index is 0.00217. The number of para-hydroxylation sites is 1. The molecule has 0 heterocycles. The van der Waals surface area contributed by atoms with E-state index in [0.29, 0.717) is 6.42 Å². The molecule has 0 aliphatic rings. The van der Waals surface area contributed by atoms with Crippen LogP contribution in [0.25, 0.3) is 0 Å². The molecule has 17 heavy (non-hydrogen) atoms. The van der Waals surface area contributed by atoms with Crippen LogP contribution in [0.15, 0.2) is 18.2 Å². The van der Waals surface area contributed by atoms with Crippen LogP contribution >= 0.6 is 11.6 Å². The van der Waals surface area contributed by atoms with E-state index in [1.165, 1.54) is 12.1 Å². The summed E-state index contributed by atoms with van der Waals surface area (Å²) in [5, 5.41) is 11.7. The highest BCUT2D eigenvalue weighted by Crippen LogP contribution is 2.26. The maximum atomic E-state index is 11.5. The van der Waals surface area contributed by atoms with Crippen LogP contribution in [-0.2, 0) is 4.79 Å². The minimum Gasteiger partial charge on any atom is -0.478 e. The van der Waals surface area contributed by atoms with Crippen LogP contribution in [0.4, 0.5) is 5.69 Å². The van der Waals surface area contributed by atoms with Gasteiger partial charge in [-0.3, -0.25) is 4.79 Å². The van der Waals surface area contributed by atoms with Gasteiger partial charge in [0.15, 0.2) is 0 Å². The molecule has 5 heteroatoms. The number of unbranched alkanes of at least 4 members (excludes halogenated alkanes) is 1. The van der Waals surface area contributed by atoms with Gasteiger partial charge in [-0.25, -0.2) is 4.79 Å². The van der Waals surface area contributed by atoms with Crippen molar-refractivity contribution in [2.75, 3.05) is 5.32 Å². The molecule has 0 saturated heterocycles. The zero-order chi connectivity index (χ0) is 12.8. The highest BCUT2D eigenvalue weighted by molar-refractivity contribution is 6.34. The van der Waals surface area contributed by atoms with Crippen LogP contribution in [-0.4, -0.2) is 17.0 Å². The van der Waals surface area contributed by atoms with Gasteiger partial charge in [0.25, 0.3) is 0 Å². The number of hydrogen-bond donors (Lipinski definition) is 2. The predicted octanol–water partition coefficient (Wildman–Crippen LogP) is 3.17. The molecule has 0 bridgehead atoms. The molecular formula is C12H14ClNO3. The summed E-state index contributed by atoms with van der Waals surface area (Å²) in [7, 11) is 0. The molecular weight excluding hydrogens is 242 g/mol. The first-order valence-electron chi connectivity index (χ1n) is 5.38. The SMILES string of the molecule is CCCCC(=O)Nc1c(Cl)cccc1C(=O)O. The lowest BCUT2D eigenvalue weighted by molar-refractivity contribution is -0.116. The number of halogens is 1. The average Bonchev–Trinajstić information content (AvgIpc) is 2.28. The number of hydrogen-bond acceptors (Lipinski definition) is 2. The smallest absolute Gasteiger partial charge is 0.337 e. The van der Waals surface area contributed by atoms with E-state index in [-0.39, 0.29) is 22.2 Å². The molecule has 1 amide bonds. The first kappa shape index (κ1) is 13.5. The largest absolute Gasteiger partial charge is 0.478 e. The third kappa shape index (κ3) is 3.75. The molecule has 0 saturated carbocycles. The summed E-state index contributed by atoms with van der Waals surface area (Å²) < 4.78 is 0. The van der Waals surface area contributed by atoms with Gasteiger partial charge >= 0.3 is 5.97 Å². The van der Waals surface area contributed by atoms with Crippen molar-refractivity contribution in [3.63, 3.8) is 0 Å². The van der Waals surface area contributed by atoms with Gasteiger partial charge in [0.1, 0.15) is 0 Å². The molecule has 0 aliphatic heterocycles. The molecule has 0 spiro atoms. The Bertz CT molecular complexity index is 432. The highest BCUT2D eigenvalue weighted by Gasteiger charge is 2.14. The van der Waals surface area contributed by atoms with Crippen LogP contribution in [0, 0.1) is 0 Å². The molecule has 0 atom stereocenters. The Hall–Kier alpha value is -1.55. The number of carboxylic acids is 1. The maximum absolute atomic E-state index is 11.5. The normalized spacial score (nSPS) is 10.0. The molecule has 0 aliphatic carbocycles. The van der Waals surface area contributed by atoms with Crippen molar-refractivity contribution in [3.8, 4) is 0 Å². The lowest BCUT2D eigenvalue weighted by Gasteiger charge is -2.09. The molecule has 0 unspecified atom stereocenters. The summed E-state index contributed by atoms with van der Waals surface area (Å²) in [6.07, 6.45) is 2.03. The number of anilines is 1. The van der Waals surface area contributed by atoms with E-state index in [0.717, 1.165) is 12.8 Å². The minimum atomic E-state index is -1.11.